The summed E-state index contributed by atoms with van der Waals surface area (Å²) >= 11 is 0. The van der Waals surface area contributed by atoms with Gasteiger partial charge in [-0.3, -0.25) is 14.3 Å². The summed E-state index contributed by atoms with van der Waals surface area (Å²) in [5, 5.41) is 0. The number of halogens is 1. The highest BCUT2D eigenvalue weighted by atomic mass is 19.1. The molecule has 1 aliphatic rings. The minimum absolute atomic E-state index is 0.0187. The summed E-state index contributed by atoms with van der Waals surface area (Å²) in [5.74, 6) is 2.25. The van der Waals surface area contributed by atoms with Gasteiger partial charge in [-0.05, 0) is 6.42 Å². The number of nitrogens with zero attached hydrogens (tertiary/aromatic N) is 1. The van der Waals surface area contributed by atoms with Crippen LogP contribution in [0.1, 0.15) is 18.7 Å². The van der Waals surface area contributed by atoms with Gasteiger partial charge in [-0.25, -0.2) is 9.18 Å². The van der Waals surface area contributed by atoms with Crippen molar-refractivity contribution in [1.82, 2.24) is 9.55 Å². The van der Waals surface area contributed by atoms with Crippen molar-refractivity contribution in [2.45, 2.75) is 38.0 Å². The molecule has 1 aromatic heterocycles. The van der Waals surface area contributed by atoms with E-state index in [2.05, 4.69) is 10.9 Å². The summed E-state index contributed by atoms with van der Waals surface area (Å²) in [6, 6.07) is 0. The minimum Gasteiger partial charge on any atom is -0.360 e. The second-order valence-corrected chi connectivity index (χ2v) is 4.90. The van der Waals surface area contributed by atoms with Gasteiger partial charge < -0.3 is 15.2 Å². The van der Waals surface area contributed by atoms with E-state index in [0.29, 0.717) is 12.0 Å². The second kappa shape index (κ2) is 6.87. The van der Waals surface area contributed by atoms with Gasteiger partial charge in [0.15, 0.2) is 12.4 Å². The summed E-state index contributed by atoms with van der Waals surface area (Å²) in [6.45, 7) is 1.69. The smallest absolute Gasteiger partial charge is 0.330 e. The maximum Gasteiger partial charge on any atom is 0.330 e. The van der Waals surface area contributed by atoms with Gasteiger partial charge in [0.25, 0.3) is 5.56 Å². The molecule has 8 heteroatoms. The van der Waals surface area contributed by atoms with Crippen LogP contribution in [0.4, 0.5) is 4.39 Å². The first kappa shape index (κ1) is 16.4. The predicted molar refractivity (Wildman–Crippen MR) is 77.1 cm³/mol. The number of H-pyrrole nitrogens is 1. The van der Waals surface area contributed by atoms with E-state index in [9.17, 15) is 14.0 Å². The monoisotopic (exact) mass is 311 g/mol. The molecule has 7 nitrogen and oxygen atoms in total. The number of aryl methyl sites for hydroxylation is 1. The number of ether oxygens (including phenoxy) is 2. The Morgan fingerprint density at radius 1 is 1.59 bits per heavy atom. The first-order valence-corrected chi connectivity index (χ1v) is 6.92. The zero-order valence-corrected chi connectivity index (χ0v) is 12.1. The Morgan fingerprint density at radius 2 is 2.32 bits per heavy atom. The molecular formula is C14H18FN3O4. The topological polar surface area (TPSA) is 99.3 Å². The van der Waals surface area contributed by atoms with Gasteiger partial charge in [0.1, 0.15) is 18.8 Å². The van der Waals surface area contributed by atoms with Crippen molar-refractivity contribution in [2.75, 3.05) is 13.2 Å². The van der Waals surface area contributed by atoms with Gasteiger partial charge in [-0.15, -0.1) is 6.42 Å². The van der Waals surface area contributed by atoms with Crippen LogP contribution >= 0.6 is 0 Å². The van der Waals surface area contributed by atoms with Crippen LogP contribution in [0.3, 0.4) is 0 Å². The van der Waals surface area contributed by atoms with Crippen LogP contribution in [0.2, 0.25) is 0 Å². The SMILES string of the molecule is C#CCO[C@H]1[C@H](F)C(n2cc(CC)c(=O)[nH]c2=O)O[C@@H]1CN. The molecule has 1 aliphatic heterocycles. The standard InChI is InChI=1S/C14H18FN3O4/c1-3-5-21-11-9(6-16)22-13(10(11)15)18-7-8(4-2)12(19)17-14(18)20/h1,7,9-11,13H,4-6,16H2,2H3,(H,17,19,20)/t9-,10+,11-,13?/m1/s1. The first-order chi connectivity index (χ1) is 10.5. The van der Waals surface area contributed by atoms with Crippen molar-refractivity contribution in [2.24, 2.45) is 5.73 Å². The number of nitrogens with two attached hydrogens (primary N) is 1. The third-order valence-corrected chi connectivity index (χ3v) is 3.55. The molecule has 1 aromatic rings. The van der Waals surface area contributed by atoms with Crippen LogP contribution < -0.4 is 17.0 Å². The van der Waals surface area contributed by atoms with E-state index in [1.54, 1.807) is 6.92 Å². The molecule has 0 aliphatic carbocycles. The molecule has 1 unspecified atom stereocenters. The third-order valence-electron chi connectivity index (χ3n) is 3.55. The van der Waals surface area contributed by atoms with Crippen molar-refractivity contribution in [3.8, 4) is 12.3 Å². The van der Waals surface area contributed by atoms with Gasteiger partial charge in [-0.1, -0.05) is 12.8 Å². The Labute approximate surface area is 126 Å². The van der Waals surface area contributed by atoms with Crippen LogP contribution in [0.15, 0.2) is 15.8 Å². The maximum atomic E-state index is 14.6. The van der Waals surface area contributed by atoms with Gasteiger partial charge in [-0.2, -0.15) is 0 Å². The average Bonchev–Trinajstić information content (AvgIpc) is 2.81. The highest BCUT2D eigenvalue weighted by Gasteiger charge is 2.46. The Hall–Kier alpha value is -1.95. The molecule has 1 fully saturated rings. The highest BCUT2D eigenvalue weighted by molar-refractivity contribution is 5.06. The zero-order chi connectivity index (χ0) is 16.3. The van der Waals surface area contributed by atoms with E-state index < -0.39 is 35.9 Å². The molecule has 22 heavy (non-hydrogen) atoms. The first-order valence-electron chi connectivity index (χ1n) is 6.92. The normalized spacial score (nSPS) is 27.7. The molecule has 2 heterocycles. The van der Waals surface area contributed by atoms with Crippen molar-refractivity contribution < 1.29 is 13.9 Å². The number of terminal acetylenes is 1. The molecule has 2 rings (SSSR count). The number of nitrogens with one attached hydrogen (secondary N) is 1. The lowest BCUT2D eigenvalue weighted by Crippen LogP contribution is -2.38. The number of hydrogen-bond acceptors (Lipinski definition) is 5. The number of alkyl halides is 1. The molecule has 120 valence electrons. The molecule has 4 atom stereocenters. The quantitative estimate of drug-likeness (QED) is 0.701. The van der Waals surface area contributed by atoms with Gasteiger partial charge in [0, 0.05) is 18.3 Å². The predicted octanol–water partition coefficient (Wildman–Crippen LogP) is -0.688. The summed E-state index contributed by atoms with van der Waals surface area (Å²) in [7, 11) is 0. The van der Waals surface area contributed by atoms with Crippen molar-refractivity contribution in [3.63, 3.8) is 0 Å². The summed E-state index contributed by atoms with van der Waals surface area (Å²) < 4.78 is 26.3. The lowest BCUT2D eigenvalue weighted by Gasteiger charge is -2.17. The molecule has 0 aromatic carbocycles. The third kappa shape index (κ3) is 2.97. The Balaban J connectivity index is 2.35. The molecule has 0 saturated carbocycles. The Kier molecular flexibility index (Phi) is 5.13. The van der Waals surface area contributed by atoms with Gasteiger partial charge in [0.05, 0.1) is 0 Å². The Morgan fingerprint density at radius 3 is 2.91 bits per heavy atom. The second-order valence-electron chi connectivity index (χ2n) is 4.90. The van der Waals surface area contributed by atoms with E-state index in [1.165, 1.54) is 6.20 Å². The molecular weight excluding hydrogens is 293 g/mol. The summed E-state index contributed by atoms with van der Waals surface area (Å²) in [4.78, 5) is 25.6. The lowest BCUT2D eigenvalue weighted by molar-refractivity contribution is -0.0294. The summed E-state index contributed by atoms with van der Waals surface area (Å²) in [5.41, 5.74) is 4.66. The molecule has 1 saturated heterocycles. The zero-order valence-electron chi connectivity index (χ0n) is 12.1. The van der Waals surface area contributed by atoms with E-state index in [0.717, 1.165) is 4.57 Å². The number of aromatic nitrogens is 2. The Bertz CT molecular complexity index is 678. The van der Waals surface area contributed by atoms with Crippen LogP contribution in [-0.2, 0) is 15.9 Å². The number of rotatable bonds is 5. The number of aromatic amines is 1. The van der Waals surface area contributed by atoms with E-state index in [-0.39, 0.29) is 13.2 Å². The van der Waals surface area contributed by atoms with Crippen molar-refractivity contribution >= 4 is 0 Å². The van der Waals surface area contributed by atoms with Crippen molar-refractivity contribution in [1.29, 1.82) is 0 Å². The fraction of sp³-hybridized carbons (Fsp3) is 0.571. The minimum atomic E-state index is -1.63. The number of hydrogen-bond donors (Lipinski definition) is 2. The van der Waals surface area contributed by atoms with Crippen molar-refractivity contribution in [3.05, 3.63) is 32.6 Å². The maximum absolute atomic E-state index is 14.6. The fourth-order valence-corrected chi connectivity index (χ4v) is 2.42. The average molecular weight is 311 g/mol. The molecule has 0 amide bonds. The molecule has 0 bridgehead atoms. The van der Waals surface area contributed by atoms with E-state index in [4.69, 9.17) is 21.6 Å². The van der Waals surface area contributed by atoms with Gasteiger partial charge >= 0.3 is 5.69 Å². The van der Waals surface area contributed by atoms with E-state index >= 15 is 0 Å². The van der Waals surface area contributed by atoms with E-state index in [1.807, 2.05) is 0 Å². The highest BCUT2D eigenvalue weighted by Crippen LogP contribution is 2.32. The van der Waals surface area contributed by atoms with Gasteiger partial charge in [0.2, 0.25) is 0 Å². The molecule has 0 spiro atoms. The van der Waals surface area contributed by atoms with Crippen LogP contribution in [0.5, 0.6) is 0 Å². The molecule has 3 N–H and O–H groups in total. The summed E-state index contributed by atoms with van der Waals surface area (Å²) in [6.07, 6.45) is 2.27. The lowest BCUT2D eigenvalue weighted by atomic mass is 10.1. The van der Waals surface area contributed by atoms with Crippen LogP contribution in [0.25, 0.3) is 0 Å². The van der Waals surface area contributed by atoms with Crippen LogP contribution in [-0.4, -0.2) is 41.1 Å². The fourth-order valence-electron chi connectivity index (χ4n) is 2.42. The molecule has 0 radical (unpaired) electrons. The largest absolute Gasteiger partial charge is 0.360 e. The van der Waals surface area contributed by atoms with Crippen LogP contribution in [0, 0.1) is 12.3 Å².